The monoisotopic (exact) mass is 416 g/mol. The number of hydrogen-bond acceptors (Lipinski definition) is 5. The highest BCUT2D eigenvalue weighted by atomic mass is 35.5. The van der Waals surface area contributed by atoms with Gasteiger partial charge in [0.15, 0.2) is 10.8 Å². The van der Waals surface area contributed by atoms with E-state index in [9.17, 15) is 4.79 Å². The minimum absolute atomic E-state index is 0.105. The van der Waals surface area contributed by atoms with Crippen molar-refractivity contribution >= 4 is 40.3 Å². The molecule has 7 nitrogen and oxygen atoms in total. The van der Waals surface area contributed by atoms with Crippen molar-refractivity contribution in [3.8, 4) is 5.69 Å². The van der Waals surface area contributed by atoms with E-state index in [-0.39, 0.29) is 17.1 Å². The van der Waals surface area contributed by atoms with Crippen LogP contribution in [0.25, 0.3) is 16.7 Å². The standard InChI is InChI=1S/C19H21ClN6OS/c1-11-9-13(5-6-14(11)20)26-17(21)16-12(2)23-24-18(16)22-19(26)28-10-15(27)25-7-3-4-8-25/h5-6,9,21H,3-4,7-8,10H2,1-2H3,(H,23,24). The van der Waals surface area contributed by atoms with Crippen LogP contribution >= 0.6 is 23.4 Å². The van der Waals surface area contributed by atoms with Gasteiger partial charge in [-0.05, 0) is 50.5 Å². The van der Waals surface area contributed by atoms with Crippen LogP contribution in [0.15, 0.2) is 23.4 Å². The molecular formula is C19H21ClN6OS. The van der Waals surface area contributed by atoms with E-state index < -0.39 is 0 Å². The number of aromatic amines is 1. The number of hydrogen-bond donors (Lipinski definition) is 2. The van der Waals surface area contributed by atoms with E-state index in [0.29, 0.717) is 21.2 Å². The highest BCUT2D eigenvalue weighted by molar-refractivity contribution is 7.99. The van der Waals surface area contributed by atoms with Gasteiger partial charge >= 0.3 is 0 Å². The largest absolute Gasteiger partial charge is 0.342 e. The summed E-state index contributed by atoms with van der Waals surface area (Å²) >= 11 is 7.52. The number of fused-ring (bicyclic) bond motifs is 1. The number of aromatic nitrogens is 4. The van der Waals surface area contributed by atoms with Crippen LogP contribution in [0.3, 0.4) is 0 Å². The SMILES string of the molecule is Cc1cc(-n2c(SCC(=O)N3CCCC3)nc3n[nH]c(C)c3c2=N)ccc1Cl. The quantitative estimate of drug-likeness (QED) is 0.504. The number of nitrogens with one attached hydrogen (secondary N) is 2. The van der Waals surface area contributed by atoms with Crippen molar-refractivity contribution in [2.24, 2.45) is 0 Å². The van der Waals surface area contributed by atoms with Crippen LogP contribution in [0.1, 0.15) is 24.1 Å². The van der Waals surface area contributed by atoms with Gasteiger partial charge in [0, 0.05) is 29.5 Å². The first-order valence-electron chi connectivity index (χ1n) is 9.15. The number of amides is 1. The maximum absolute atomic E-state index is 12.5. The van der Waals surface area contributed by atoms with Gasteiger partial charge in [-0.15, -0.1) is 0 Å². The second kappa shape index (κ2) is 7.60. The second-order valence-corrected chi connectivity index (χ2v) is 8.29. The van der Waals surface area contributed by atoms with Gasteiger partial charge in [-0.2, -0.15) is 5.10 Å². The third-order valence-corrected chi connectivity index (χ3v) is 6.31. The van der Waals surface area contributed by atoms with E-state index in [0.717, 1.165) is 42.9 Å². The molecule has 0 saturated carbocycles. The van der Waals surface area contributed by atoms with Crippen LogP contribution in [0, 0.1) is 19.3 Å². The van der Waals surface area contributed by atoms with Gasteiger partial charge < -0.3 is 4.90 Å². The van der Waals surface area contributed by atoms with Gasteiger partial charge in [-0.3, -0.25) is 19.9 Å². The summed E-state index contributed by atoms with van der Waals surface area (Å²) in [6.07, 6.45) is 2.13. The molecule has 3 aromatic rings. The lowest BCUT2D eigenvalue weighted by molar-refractivity contribution is -0.127. The number of carbonyl (C=O) groups excluding carboxylic acids is 1. The molecule has 0 spiro atoms. The number of aryl methyl sites for hydroxylation is 2. The van der Waals surface area contributed by atoms with Crippen molar-refractivity contribution in [1.29, 1.82) is 5.41 Å². The molecule has 2 aromatic heterocycles. The van der Waals surface area contributed by atoms with Crippen molar-refractivity contribution in [3.05, 3.63) is 40.0 Å². The Balaban J connectivity index is 1.78. The number of halogens is 1. The van der Waals surface area contributed by atoms with Gasteiger partial charge in [0.05, 0.1) is 11.1 Å². The summed E-state index contributed by atoms with van der Waals surface area (Å²) < 4.78 is 1.76. The maximum atomic E-state index is 12.5. The first-order chi connectivity index (χ1) is 13.5. The van der Waals surface area contributed by atoms with Crippen molar-refractivity contribution < 1.29 is 4.79 Å². The van der Waals surface area contributed by atoms with Gasteiger partial charge in [0.25, 0.3) is 0 Å². The summed E-state index contributed by atoms with van der Waals surface area (Å²) in [6, 6.07) is 5.60. The Labute approximate surface area is 171 Å². The fourth-order valence-corrected chi connectivity index (χ4v) is 4.45. The average Bonchev–Trinajstić information content (AvgIpc) is 3.33. The molecule has 0 bridgehead atoms. The molecule has 1 aromatic carbocycles. The zero-order valence-corrected chi connectivity index (χ0v) is 17.3. The number of likely N-dealkylation sites (tertiary alicyclic amines) is 1. The highest BCUT2D eigenvalue weighted by Crippen LogP contribution is 2.25. The molecule has 0 unspecified atom stereocenters. The van der Waals surface area contributed by atoms with E-state index in [1.54, 1.807) is 4.57 Å². The maximum Gasteiger partial charge on any atom is 0.233 e. The Bertz CT molecular complexity index is 1120. The number of carbonyl (C=O) groups is 1. The van der Waals surface area contributed by atoms with E-state index in [1.165, 1.54) is 11.8 Å². The zero-order chi connectivity index (χ0) is 19.8. The van der Waals surface area contributed by atoms with Crippen LogP contribution in [0.5, 0.6) is 0 Å². The number of thioether (sulfide) groups is 1. The summed E-state index contributed by atoms with van der Waals surface area (Å²) in [5.41, 5.74) is 3.27. The molecule has 1 aliphatic heterocycles. The molecule has 1 amide bonds. The van der Waals surface area contributed by atoms with Gasteiger partial charge in [0.1, 0.15) is 5.49 Å². The number of nitrogens with zero attached hydrogens (tertiary/aromatic N) is 4. The Morgan fingerprint density at radius 3 is 2.79 bits per heavy atom. The van der Waals surface area contributed by atoms with Crippen molar-refractivity contribution in [1.82, 2.24) is 24.6 Å². The van der Waals surface area contributed by atoms with E-state index in [2.05, 4.69) is 15.2 Å². The fraction of sp³-hybridized carbons (Fsp3) is 0.368. The van der Waals surface area contributed by atoms with E-state index in [1.807, 2.05) is 36.9 Å². The molecule has 3 heterocycles. The lowest BCUT2D eigenvalue weighted by Crippen LogP contribution is -2.29. The van der Waals surface area contributed by atoms with Crippen LogP contribution in [0.4, 0.5) is 0 Å². The van der Waals surface area contributed by atoms with Crippen molar-refractivity contribution in [3.63, 3.8) is 0 Å². The molecule has 0 aliphatic carbocycles. The van der Waals surface area contributed by atoms with Gasteiger partial charge in [0.2, 0.25) is 5.91 Å². The topological polar surface area (TPSA) is 90.7 Å². The van der Waals surface area contributed by atoms with Crippen LogP contribution < -0.4 is 5.49 Å². The lowest BCUT2D eigenvalue weighted by atomic mass is 10.2. The summed E-state index contributed by atoms with van der Waals surface area (Å²) in [4.78, 5) is 19.0. The Hall–Kier alpha value is -2.32. The summed E-state index contributed by atoms with van der Waals surface area (Å²) in [5.74, 6) is 0.390. The molecule has 0 atom stereocenters. The van der Waals surface area contributed by atoms with E-state index >= 15 is 0 Å². The lowest BCUT2D eigenvalue weighted by Gasteiger charge is -2.17. The third-order valence-electron chi connectivity index (χ3n) is 4.96. The van der Waals surface area contributed by atoms with Gasteiger partial charge in [-0.1, -0.05) is 23.4 Å². The molecule has 0 radical (unpaired) electrons. The Morgan fingerprint density at radius 1 is 1.32 bits per heavy atom. The third kappa shape index (κ3) is 3.42. The highest BCUT2D eigenvalue weighted by Gasteiger charge is 2.20. The number of rotatable bonds is 4. The molecule has 9 heteroatoms. The summed E-state index contributed by atoms with van der Waals surface area (Å²) in [6.45, 7) is 5.44. The van der Waals surface area contributed by atoms with Crippen LogP contribution in [-0.2, 0) is 4.79 Å². The molecule has 28 heavy (non-hydrogen) atoms. The zero-order valence-electron chi connectivity index (χ0n) is 15.8. The van der Waals surface area contributed by atoms with Gasteiger partial charge in [-0.25, -0.2) is 4.98 Å². The second-order valence-electron chi connectivity index (χ2n) is 6.94. The smallest absolute Gasteiger partial charge is 0.233 e. The predicted octanol–water partition coefficient (Wildman–Crippen LogP) is 3.21. The fourth-order valence-electron chi connectivity index (χ4n) is 3.42. The number of H-pyrrole nitrogens is 1. The van der Waals surface area contributed by atoms with Crippen LogP contribution in [0.2, 0.25) is 5.02 Å². The Kier molecular flexibility index (Phi) is 5.16. The first kappa shape index (κ1) is 19.0. The van der Waals surface area contributed by atoms with Crippen LogP contribution in [-0.4, -0.2) is 49.4 Å². The molecule has 1 fully saturated rings. The first-order valence-corrected chi connectivity index (χ1v) is 10.5. The minimum Gasteiger partial charge on any atom is -0.342 e. The van der Waals surface area contributed by atoms with Crippen molar-refractivity contribution in [2.75, 3.05) is 18.8 Å². The molecule has 1 saturated heterocycles. The molecule has 2 N–H and O–H groups in total. The van der Waals surface area contributed by atoms with Crippen molar-refractivity contribution in [2.45, 2.75) is 31.8 Å². The molecule has 146 valence electrons. The summed E-state index contributed by atoms with van der Waals surface area (Å²) in [5, 5.41) is 17.8. The van der Waals surface area contributed by atoms with E-state index in [4.69, 9.17) is 17.0 Å². The molecular weight excluding hydrogens is 396 g/mol. The normalized spacial score (nSPS) is 14.2. The molecule has 4 rings (SSSR count). The molecule has 1 aliphatic rings. The summed E-state index contributed by atoms with van der Waals surface area (Å²) in [7, 11) is 0. The minimum atomic E-state index is 0.105. The Morgan fingerprint density at radius 2 is 2.07 bits per heavy atom. The predicted molar refractivity (Wildman–Crippen MR) is 110 cm³/mol. The number of benzene rings is 1. The average molecular weight is 417 g/mol.